The van der Waals surface area contributed by atoms with Crippen LogP contribution in [0.4, 0.5) is 0 Å². The molecule has 0 bridgehead atoms. The van der Waals surface area contributed by atoms with Crippen LogP contribution in [0.5, 0.6) is 17.2 Å². The Morgan fingerprint density at radius 3 is 2.12 bits per heavy atom. The van der Waals surface area contributed by atoms with Crippen molar-refractivity contribution >= 4 is 28.3 Å². The van der Waals surface area contributed by atoms with E-state index in [4.69, 9.17) is 11.6 Å². The number of nitrogens with one attached hydrogen (secondary N) is 1. The van der Waals surface area contributed by atoms with Crippen LogP contribution in [0, 0.1) is 0 Å². The first-order valence-corrected chi connectivity index (χ1v) is 8.94. The van der Waals surface area contributed by atoms with Gasteiger partial charge in [-0.3, -0.25) is 9.59 Å². The number of phenols is 2. The highest BCUT2D eigenvalue weighted by Crippen LogP contribution is 2.42. The number of rotatable bonds is 3. The summed E-state index contributed by atoms with van der Waals surface area (Å²) in [7, 11) is 0. The van der Waals surface area contributed by atoms with Crippen LogP contribution in [0.25, 0.3) is 10.8 Å². The summed E-state index contributed by atoms with van der Waals surface area (Å²) in [5.41, 5.74) is -0.835. The number of benzene rings is 1. The van der Waals surface area contributed by atoms with Crippen LogP contribution in [-0.4, -0.2) is 27.8 Å². The van der Waals surface area contributed by atoms with E-state index >= 15 is 0 Å². The SMILES string of the molecule is CC.CC.CCCNC(=O)c1cc(=O)c(O)c2c(O)c(O)c(Cl)cc2c1. The molecule has 0 aromatic heterocycles. The molecule has 2 aromatic rings. The fourth-order valence-electron chi connectivity index (χ4n) is 2.02. The van der Waals surface area contributed by atoms with Crippen molar-refractivity contribution in [2.45, 2.75) is 41.0 Å². The van der Waals surface area contributed by atoms with Crippen molar-refractivity contribution in [2.75, 3.05) is 6.54 Å². The van der Waals surface area contributed by atoms with E-state index in [1.807, 2.05) is 34.6 Å². The van der Waals surface area contributed by atoms with Crippen molar-refractivity contribution in [1.29, 1.82) is 0 Å². The van der Waals surface area contributed by atoms with E-state index in [1.54, 1.807) is 0 Å². The minimum Gasteiger partial charge on any atom is -0.504 e. The zero-order chi connectivity index (χ0) is 20.4. The third kappa shape index (κ3) is 5.26. The van der Waals surface area contributed by atoms with E-state index in [9.17, 15) is 24.9 Å². The van der Waals surface area contributed by atoms with Crippen molar-refractivity contribution < 1.29 is 20.1 Å². The first-order valence-electron chi connectivity index (χ1n) is 8.56. The topological polar surface area (TPSA) is 107 Å². The average molecular weight is 384 g/mol. The van der Waals surface area contributed by atoms with Gasteiger partial charge < -0.3 is 20.6 Å². The normalized spacial score (nSPS) is 9.46. The number of hydrogen-bond acceptors (Lipinski definition) is 5. The second kappa shape index (κ2) is 11.2. The number of hydrogen-bond donors (Lipinski definition) is 4. The number of carbonyl (C=O) groups excluding carboxylic acids is 1. The van der Waals surface area contributed by atoms with Gasteiger partial charge in [-0.05, 0) is 23.9 Å². The highest BCUT2D eigenvalue weighted by molar-refractivity contribution is 6.33. The molecule has 0 fully saturated rings. The first-order chi connectivity index (χ1) is 12.4. The lowest BCUT2D eigenvalue weighted by Gasteiger charge is -2.04. The Hall–Kier alpha value is -2.47. The van der Waals surface area contributed by atoms with Gasteiger partial charge in [0.05, 0.1) is 10.4 Å². The largest absolute Gasteiger partial charge is 0.504 e. The number of amides is 1. The Balaban J connectivity index is 0.00000146. The zero-order valence-electron chi connectivity index (χ0n) is 15.7. The van der Waals surface area contributed by atoms with E-state index in [1.165, 1.54) is 12.1 Å². The van der Waals surface area contributed by atoms with Gasteiger partial charge in [-0.25, -0.2) is 0 Å². The maximum atomic E-state index is 12.0. The molecular formula is C19H26ClNO5. The summed E-state index contributed by atoms with van der Waals surface area (Å²) < 4.78 is 0. The minimum absolute atomic E-state index is 0.0184. The molecule has 0 aliphatic carbocycles. The number of fused-ring (bicyclic) bond motifs is 1. The lowest BCUT2D eigenvalue weighted by Crippen LogP contribution is -2.24. The van der Waals surface area contributed by atoms with Crippen LogP contribution >= 0.6 is 11.6 Å². The molecule has 0 aliphatic rings. The molecule has 0 atom stereocenters. The van der Waals surface area contributed by atoms with Gasteiger partial charge in [0.15, 0.2) is 17.2 Å². The predicted octanol–water partition coefficient (Wildman–Crippen LogP) is 4.16. The van der Waals surface area contributed by atoms with Crippen LogP contribution in [0.3, 0.4) is 0 Å². The molecule has 0 saturated heterocycles. The zero-order valence-corrected chi connectivity index (χ0v) is 16.4. The van der Waals surface area contributed by atoms with Crippen LogP contribution in [-0.2, 0) is 0 Å². The third-order valence-electron chi connectivity index (χ3n) is 3.12. The van der Waals surface area contributed by atoms with E-state index in [0.717, 1.165) is 12.5 Å². The fourth-order valence-corrected chi connectivity index (χ4v) is 2.23. The molecule has 26 heavy (non-hydrogen) atoms. The summed E-state index contributed by atoms with van der Waals surface area (Å²) in [4.78, 5) is 23.9. The quantitative estimate of drug-likeness (QED) is 0.595. The van der Waals surface area contributed by atoms with Gasteiger partial charge in [-0.2, -0.15) is 0 Å². The Labute approximate surface area is 158 Å². The molecule has 7 heteroatoms. The average Bonchev–Trinajstić information content (AvgIpc) is 2.78. The molecule has 0 saturated carbocycles. The summed E-state index contributed by atoms with van der Waals surface area (Å²) >= 11 is 5.77. The summed E-state index contributed by atoms with van der Waals surface area (Å²) in [6.45, 7) is 10.3. The Kier molecular flexibility index (Phi) is 10.1. The van der Waals surface area contributed by atoms with Gasteiger partial charge in [-0.1, -0.05) is 46.2 Å². The minimum atomic E-state index is -0.853. The van der Waals surface area contributed by atoms with E-state index in [0.29, 0.717) is 6.54 Å². The molecule has 144 valence electrons. The summed E-state index contributed by atoms with van der Waals surface area (Å²) in [5, 5.41) is 31.8. The standard InChI is InChI=1S/C15H14ClNO5.2C2H6/c1-2-3-17-15(22)8-4-7-5-9(16)12(19)14(21)11(7)13(20)10(18)6-8;2*1-2/h4-6,19,21H,2-3H2,1H3,(H,17,22)(H,18,20);2*1-2H3. The summed E-state index contributed by atoms with van der Waals surface area (Å²) in [6.07, 6.45) is 0.724. The summed E-state index contributed by atoms with van der Waals surface area (Å²) in [5.74, 6) is -2.62. The molecule has 0 radical (unpaired) electrons. The molecule has 0 aliphatic heterocycles. The molecule has 1 amide bonds. The highest BCUT2D eigenvalue weighted by atomic mass is 35.5. The molecule has 0 spiro atoms. The molecule has 2 aromatic carbocycles. The van der Waals surface area contributed by atoms with Gasteiger partial charge >= 0.3 is 0 Å². The second-order valence-electron chi connectivity index (χ2n) is 4.73. The molecule has 2 rings (SSSR count). The third-order valence-corrected chi connectivity index (χ3v) is 3.41. The van der Waals surface area contributed by atoms with E-state index < -0.39 is 28.6 Å². The number of aromatic hydroxyl groups is 3. The lowest BCUT2D eigenvalue weighted by atomic mass is 10.1. The fraction of sp³-hybridized carbons (Fsp3) is 0.368. The highest BCUT2D eigenvalue weighted by Gasteiger charge is 2.17. The molecule has 4 N–H and O–H groups in total. The maximum Gasteiger partial charge on any atom is 0.251 e. The molecule has 6 nitrogen and oxygen atoms in total. The summed E-state index contributed by atoms with van der Waals surface area (Å²) in [6, 6.07) is 3.53. The van der Waals surface area contributed by atoms with Crippen LogP contribution < -0.4 is 10.7 Å². The monoisotopic (exact) mass is 383 g/mol. The maximum absolute atomic E-state index is 12.0. The smallest absolute Gasteiger partial charge is 0.251 e. The van der Waals surface area contributed by atoms with Gasteiger partial charge in [-0.15, -0.1) is 0 Å². The van der Waals surface area contributed by atoms with Crippen LogP contribution in [0.2, 0.25) is 5.02 Å². The molecule has 0 unspecified atom stereocenters. The predicted molar refractivity (Wildman–Crippen MR) is 106 cm³/mol. The van der Waals surface area contributed by atoms with Crippen molar-refractivity contribution in [2.24, 2.45) is 0 Å². The van der Waals surface area contributed by atoms with Gasteiger partial charge in [0, 0.05) is 18.2 Å². The first kappa shape index (κ1) is 23.5. The lowest BCUT2D eigenvalue weighted by molar-refractivity contribution is 0.0953. The Morgan fingerprint density at radius 1 is 1.00 bits per heavy atom. The van der Waals surface area contributed by atoms with Crippen molar-refractivity contribution in [3.63, 3.8) is 0 Å². The molecule has 0 heterocycles. The Morgan fingerprint density at radius 2 is 1.58 bits per heavy atom. The van der Waals surface area contributed by atoms with Crippen LogP contribution in [0.15, 0.2) is 23.0 Å². The number of halogens is 1. The Bertz CT molecular complexity index is 821. The van der Waals surface area contributed by atoms with Gasteiger partial charge in [0.2, 0.25) is 5.43 Å². The van der Waals surface area contributed by atoms with Gasteiger partial charge in [0.1, 0.15) is 0 Å². The van der Waals surface area contributed by atoms with Crippen LogP contribution in [0.1, 0.15) is 51.4 Å². The van der Waals surface area contributed by atoms with Crippen molar-refractivity contribution in [3.05, 3.63) is 39.0 Å². The molecular weight excluding hydrogens is 358 g/mol. The number of phenolic OH excluding ortho intramolecular Hbond substituents is 2. The van der Waals surface area contributed by atoms with Gasteiger partial charge in [0.25, 0.3) is 5.91 Å². The van der Waals surface area contributed by atoms with E-state index in [-0.39, 0.29) is 21.4 Å². The second-order valence-corrected chi connectivity index (χ2v) is 5.14. The van der Waals surface area contributed by atoms with Crippen molar-refractivity contribution in [1.82, 2.24) is 5.32 Å². The van der Waals surface area contributed by atoms with Crippen molar-refractivity contribution in [3.8, 4) is 17.2 Å². The van der Waals surface area contributed by atoms with E-state index in [2.05, 4.69) is 5.32 Å². The number of carbonyl (C=O) groups is 1.